The van der Waals surface area contributed by atoms with Gasteiger partial charge in [0.2, 0.25) is 0 Å². The largest absolute Gasteiger partial charge is 0.465 e. The molecule has 0 radical (unpaired) electrons. The highest BCUT2D eigenvalue weighted by Crippen LogP contribution is 2.39. The number of aromatic amines is 1. The minimum atomic E-state index is -1.02. The molecule has 4 rings (SSSR count). The van der Waals surface area contributed by atoms with Crippen LogP contribution in [0.25, 0.3) is 0 Å². The number of amides is 2. The number of benzene rings is 1. The summed E-state index contributed by atoms with van der Waals surface area (Å²) in [4.78, 5) is 29.3. The molecule has 2 aromatic heterocycles. The first-order valence-corrected chi connectivity index (χ1v) is 9.79. The van der Waals surface area contributed by atoms with Crippen LogP contribution in [0.2, 0.25) is 5.02 Å². The smallest absolute Gasteiger partial charge is 0.408 e. The van der Waals surface area contributed by atoms with Crippen LogP contribution < -0.4 is 5.32 Å². The quantitative estimate of drug-likeness (QED) is 0.554. The van der Waals surface area contributed by atoms with E-state index in [0.29, 0.717) is 24.2 Å². The highest BCUT2D eigenvalue weighted by Gasteiger charge is 2.36. The summed E-state index contributed by atoms with van der Waals surface area (Å²) in [5.41, 5.74) is 3.29. The molecule has 0 fully saturated rings. The number of carboxylic acid groups (broad SMARTS) is 1. The fraction of sp³-hybridized carbons (Fsp3) is 0.238. The first kappa shape index (κ1) is 20.0. The van der Waals surface area contributed by atoms with Gasteiger partial charge in [-0.15, -0.1) is 0 Å². The fourth-order valence-corrected chi connectivity index (χ4v) is 4.21. The molecule has 2 heterocycles. The van der Waals surface area contributed by atoms with E-state index in [1.807, 2.05) is 18.3 Å². The predicted octanol–water partition coefficient (Wildman–Crippen LogP) is 4.57. The fourth-order valence-electron chi connectivity index (χ4n) is 4.03. The number of rotatable bonds is 5. The zero-order valence-corrected chi connectivity index (χ0v) is 16.9. The molecule has 0 spiro atoms. The Morgan fingerprint density at radius 2 is 2.20 bits per heavy atom. The summed E-state index contributed by atoms with van der Waals surface area (Å²) < 4.78 is 15.1. The molecular weight excluding hydrogens is 411 g/mol. The van der Waals surface area contributed by atoms with E-state index in [2.05, 4.69) is 10.3 Å². The number of carbonyl (C=O) groups is 2. The topological polar surface area (TPSA) is 90.4 Å². The van der Waals surface area contributed by atoms with Crippen molar-refractivity contribution >= 4 is 29.3 Å². The van der Waals surface area contributed by atoms with Crippen LogP contribution in [0, 0.1) is 5.82 Å². The third-order valence-corrected chi connectivity index (χ3v) is 5.65. The Hall–Kier alpha value is -3.26. The summed E-state index contributed by atoms with van der Waals surface area (Å²) in [6.45, 7) is 0.233. The number of halogens is 2. The van der Waals surface area contributed by atoms with Crippen molar-refractivity contribution < 1.29 is 19.1 Å². The number of hydrogen-bond acceptors (Lipinski definition) is 2. The Bertz CT molecular complexity index is 1110. The second kappa shape index (κ2) is 7.87. The summed E-state index contributed by atoms with van der Waals surface area (Å²) in [7, 11) is 1.75. The Morgan fingerprint density at radius 3 is 2.87 bits per heavy atom. The van der Waals surface area contributed by atoms with Crippen LogP contribution in [0.5, 0.6) is 0 Å². The lowest BCUT2D eigenvalue weighted by atomic mass is 10.1. The van der Waals surface area contributed by atoms with Crippen LogP contribution in [-0.2, 0) is 20.0 Å². The molecule has 1 aromatic carbocycles. The number of hydrogen-bond donors (Lipinski definition) is 3. The molecular formula is C21H20ClFN4O3. The molecule has 0 saturated carbocycles. The second-order valence-corrected chi connectivity index (χ2v) is 7.67. The van der Waals surface area contributed by atoms with E-state index >= 15 is 0 Å². The molecule has 30 heavy (non-hydrogen) atoms. The van der Waals surface area contributed by atoms with Crippen molar-refractivity contribution in [3.63, 3.8) is 0 Å². The van der Waals surface area contributed by atoms with Gasteiger partial charge in [0.05, 0.1) is 17.6 Å². The molecule has 0 aliphatic heterocycles. The molecule has 2 amide bonds. The van der Waals surface area contributed by atoms with Crippen molar-refractivity contribution in [1.29, 1.82) is 0 Å². The van der Waals surface area contributed by atoms with Crippen LogP contribution >= 0.6 is 11.6 Å². The summed E-state index contributed by atoms with van der Waals surface area (Å²) in [6, 6.07) is 7.30. The average Bonchev–Trinajstić information content (AvgIpc) is 3.39. The van der Waals surface area contributed by atoms with Crippen LogP contribution in [0.1, 0.15) is 39.8 Å². The summed E-state index contributed by atoms with van der Waals surface area (Å²) in [5.74, 6) is -0.915. The lowest BCUT2D eigenvalue weighted by Crippen LogP contribution is -2.32. The molecule has 1 unspecified atom stereocenters. The average molecular weight is 431 g/mol. The number of aryl methyl sites for hydroxylation is 1. The van der Waals surface area contributed by atoms with Crippen molar-refractivity contribution in [1.82, 2.24) is 14.5 Å². The maximum absolute atomic E-state index is 13.4. The van der Waals surface area contributed by atoms with Gasteiger partial charge in [-0.25, -0.2) is 9.18 Å². The van der Waals surface area contributed by atoms with Crippen molar-refractivity contribution in [2.45, 2.75) is 25.4 Å². The zero-order valence-electron chi connectivity index (χ0n) is 16.2. The van der Waals surface area contributed by atoms with Crippen LogP contribution in [0.4, 0.5) is 14.9 Å². The Morgan fingerprint density at radius 1 is 1.40 bits per heavy atom. The minimum absolute atomic E-state index is 0.0774. The summed E-state index contributed by atoms with van der Waals surface area (Å²) >= 11 is 5.79. The first-order valence-electron chi connectivity index (χ1n) is 9.41. The van der Waals surface area contributed by atoms with E-state index in [9.17, 15) is 19.1 Å². The van der Waals surface area contributed by atoms with E-state index in [0.717, 1.165) is 16.8 Å². The number of H-pyrrole nitrogens is 1. The Labute approximate surface area is 177 Å². The van der Waals surface area contributed by atoms with E-state index in [1.54, 1.807) is 17.8 Å². The molecule has 7 nitrogen and oxygen atoms in total. The van der Waals surface area contributed by atoms with Gasteiger partial charge in [0.1, 0.15) is 11.5 Å². The second-order valence-electron chi connectivity index (χ2n) is 7.27. The van der Waals surface area contributed by atoms with Crippen molar-refractivity contribution in [2.75, 3.05) is 5.32 Å². The predicted molar refractivity (Wildman–Crippen MR) is 110 cm³/mol. The molecule has 3 aromatic rings. The van der Waals surface area contributed by atoms with Gasteiger partial charge in [-0.3, -0.25) is 9.69 Å². The first-order chi connectivity index (χ1) is 14.3. The van der Waals surface area contributed by atoms with Gasteiger partial charge in [-0.05, 0) is 54.3 Å². The molecule has 1 atom stereocenters. The molecule has 0 saturated heterocycles. The van der Waals surface area contributed by atoms with E-state index < -0.39 is 11.9 Å². The van der Waals surface area contributed by atoms with Gasteiger partial charge < -0.3 is 20.0 Å². The summed E-state index contributed by atoms with van der Waals surface area (Å²) in [6.07, 6.45) is 3.73. The Kier molecular flexibility index (Phi) is 5.26. The van der Waals surface area contributed by atoms with Gasteiger partial charge in [0.15, 0.2) is 0 Å². The van der Waals surface area contributed by atoms with Crippen molar-refractivity contribution in [3.05, 3.63) is 76.1 Å². The SMILES string of the molecule is Cn1cc2c(c1C(=O)Nc1ccc(F)c(Cl)c1)CCC2N(Cc1ccc[nH]1)C(=O)O. The van der Waals surface area contributed by atoms with E-state index in [4.69, 9.17) is 11.6 Å². The monoisotopic (exact) mass is 430 g/mol. The third kappa shape index (κ3) is 3.66. The van der Waals surface area contributed by atoms with E-state index in [1.165, 1.54) is 23.1 Å². The highest BCUT2D eigenvalue weighted by molar-refractivity contribution is 6.31. The third-order valence-electron chi connectivity index (χ3n) is 5.36. The number of fused-ring (bicyclic) bond motifs is 1. The molecule has 1 aliphatic carbocycles. The molecule has 9 heteroatoms. The molecule has 3 N–H and O–H groups in total. The Balaban J connectivity index is 1.60. The lowest BCUT2D eigenvalue weighted by Gasteiger charge is -2.26. The molecule has 1 aliphatic rings. The number of nitrogens with one attached hydrogen (secondary N) is 2. The van der Waals surface area contributed by atoms with Gasteiger partial charge in [-0.1, -0.05) is 11.6 Å². The maximum atomic E-state index is 13.4. The zero-order chi connectivity index (χ0) is 21.4. The molecule has 0 bridgehead atoms. The van der Waals surface area contributed by atoms with Crippen LogP contribution in [0.3, 0.4) is 0 Å². The maximum Gasteiger partial charge on any atom is 0.408 e. The number of aromatic nitrogens is 2. The standard InChI is InChI=1S/C21H20ClFN4O3/c1-26-11-15-14(19(26)20(28)25-12-4-6-17(23)16(22)9-12)5-7-18(15)27(21(29)30)10-13-3-2-8-24-13/h2-4,6,8-9,11,18,24H,5,7,10H2,1H3,(H,25,28)(H,29,30). The number of nitrogens with zero attached hydrogens (tertiary/aromatic N) is 2. The van der Waals surface area contributed by atoms with Gasteiger partial charge in [-0.2, -0.15) is 0 Å². The van der Waals surface area contributed by atoms with Gasteiger partial charge >= 0.3 is 6.09 Å². The number of carbonyl (C=O) groups excluding carboxylic acids is 1. The summed E-state index contributed by atoms with van der Waals surface area (Å²) in [5, 5.41) is 12.4. The van der Waals surface area contributed by atoms with Crippen molar-refractivity contribution in [3.8, 4) is 0 Å². The minimum Gasteiger partial charge on any atom is -0.465 e. The van der Waals surface area contributed by atoms with Crippen LogP contribution in [-0.4, -0.2) is 31.6 Å². The lowest BCUT2D eigenvalue weighted by molar-refractivity contribution is 0.101. The molecule has 156 valence electrons. The van der Waals surface area contributed by atoms with Gasteiger partial charge in [0, 0.05) is 30.8 Å². The van der Waals surface area contributed by atoms with E-state index in [-0.39, 0.29) is 23.5 Å². The normalized spacial score (nSPS) is 15.1. The van der Waals surface area contributed by atoms with Gasteiger partial charge in [0.25, 0.3) is 5.91 Å². The number of anilines is 1. The van der Waals surface area contributed by atoms with Crippen molar-refractivity contribution in [2.24, 2.45) is 7.05 Å². The van der Waals surface area contributed by atoms with Crippen LogP contribution in [0.15, 0.2) is 42.7 Å². The highest BCUT2D eigenvalue weighted by atomic mass is 35.5.